The van der Waals surface area contributed by atoms with Crippen molar-refractivity contribution < 1.29 is 4.42 Å². The fourth-order valence-corrected chi connectivity index (χ4v) is 1.42. The molecule has 3 heteroatoms. The first kappa shape index (κ1) is 8.32. The number of hydrogen-bond acceptors (Lipinski definition) is 2. The van der Waals surface area contributed by atoms with E-state index in [0.717, 1.165) is 0 Å². The average molecular weight is 195 g/mol. The first-order chi connectivity index (χ1) is 6.16. The molecule has 66 valence electrons. The molecule has 1 aromatic heterocycles. The van der Waals surface area contributed by atoms with E-state index in [1.54, 1.807) is 25.1 Å². The molecule has 0 saturated carbocycles. The van der Waals surface area contributed by atoms with Gasteiger partial charge in [-0.2, -0.15) is 0 Å². The van der Waals surface area contributed by atoms with Crippen LogP contribution < -0.4 is 5.43 Å². The van der Waals surface area contributed by atoms with Crippen molar-refractivity contribution >= 4 is 22.6 Å². The Labute approximate surface area is 79.7 Å². The maximum absolute atomic E-state index is 11.4. The second-order valence-electron chi connectivity index (χ2n) is 2.86. The smallest absolute Gasteiger partial charge is 0.192 e. The van der Waals surface area contributed by atoms with Crippen molar-refractivity contribution in [3.63, 3.8) is 0 Å². The zero-order valence-corrected chi connectivity index (χ0v) is 7.76. The van der Waals surface area contributed by atoms with E-state index in [2.05, 4.69) is 0 Å². The van der Waals surface area contributed by atoms with E-state index < -0.39 is 0 Å². The molecule has 0 aliphatic heterocycles. The lowest BCUT2D eigenvalue weighted by atomic mass is 10.2. The third-order valence-electron chi connectivity index (χ3n) is 1.81. The minimum absolute atomic E-state index is 0.0544. The molecule has 0 radical (unpaired) electrons. The lowest BCUT2D eigenvalue weighted by Gasteiger charge is -1.97. The Morgan fingerprint density at radius 1 is 1.31 bits per heavy atom. The molecule has 2 nitrogen and oxygen atoms in total. The molecule has 0 amide bonds. The maximum Gasteiger partial charge on any atom is 0.192 e. The van der Waals surface area contributed by atoms with Crippen LogP contribution >= 0.6 is 11.6 Å². The van der Waals surface area contributed by atoms with Crippen molar-refractivity contribution in [2.45, 2.75) is 6.92 Å². The van der Waals surface area contributed by atoms with E-state index in [9.17, 15) is 4.79 Å². The van der Waals surface area contributed by atoms with E-state index in [1.807, 2.05) is 0 Å². The van der Waals surface area contributed by atoms with E-state index in [1.165, 1.54) is 6.07 Å². The average Bonchev–Trinajstić information content (AvgIpc) is 2.06. The summed E-state index contributed by atoms with van der Waals surface area (Å²) in [6, 6.07) is 6.47. The Kier molecular flexibility index (Phi) is 1.85. The normalized spacial score (nSPS) is 10.6. The maximum atomic E-state index is 11.4. The zero-order valence-electron chi connectivity index (χ0n) is 7.00. The summed E-state index contributed by atoms with van der Waals surface area (Å²) in [4.78, 5) is 11.4. The van der Waals surface area contributed by atoms with Crippen LogP contribution in [0.5, 0.6) is 0 Å². The molecular weight excluding hydrogens is 188 g/mol. The number of fused-ring (bicyclic) bond motifs is 1. The molecule has 0 fully saturated rings. The van der Waals surface area contributed by atoms with Crippen molar-refractivity contribution in [3.8, 4) is 0 Å². The highest BCUT2D eigenvalue weighted by atomic mass is 35.5. The molecule has 1 aromatic carbocycles. The number of halogens is 1. The van der Waals surface area contributed by atoms with Crippen LogP contribution in [0.4, 0.5) is 0 Å². The highest BCUT2D eigenvalue weighted by Gasteiger charge is 2.01. The molecule has 0 aliphatic rings. The van der Waals surface area contributed by atoms with Gasteiger partial charge in [-0.25, -0.2) is 0 Å². The molecular formula is C10H7ClO2. The van der Waals surface area contributed by atoms with Crippen LogP contribution in [0, 0.1) is 6.92 Å². The minimum Gasteiger partial charge on any atom is -0.461 e. The fraction of sp³-hybridized carbons (Fsp3) is 0.100. The topological polar surface area (TPSA) is 30.2 Å². The van der Waals surface area contributed by atoms with Crippen molar-refractivity contribution in [1.29, 1.82) is 0 Å². The van der Waals surface area contributed by atoms with Gasteiger partial charge in [0, 0.05) is 11.1 Å². The molecule has 0 aliphatic carbocycles. The Morgan fingerprint density at radius 3 is 2.85 bits per heavy atom. The molecule has 1 heterocycles. The quantitative estimate of drug-likeness (QED) is 0.646. The SMILES string of the molecule is Cc1cc(=O)c2cc(Cl)ccc2o1. The Balaban J connectivity index is 2.95. The predicted molar refractivity (Wildman–Crippen MR) is 52.2 cm³/mol. The second-order valence-corrected chi connectivity index (χ2v) is 3.30. The van der Waals surface area contributed by atoms with Crippen molar-refractivity contribution in [1.82, 2.24) is 0 Å². The Bertz CT molecular complexity index is 514. The number of hydrogen-bond donors (Lipinski definition) is 0. The number of aryl methyl sites for hydroxylation is 1. The third-order valence-corrected chi connectivity index (χ3v) is 2.05. The summed E-state index contributed by atoms with van der Waals surface area (Å²) in [5.74, 6) is 0.611. The summed E-state index contributed by atoms with van der Waals surface area (Å²) in [7, 11) is 0. The Morgan fingerprint density at radius 2 is 2.08 bits per heavy atom. The van der Waals surface area contributed by atoms with Gasteiger partial charge in [-0.3, -0.25) is 4.79 Å². The van der Waals surface area contributed by atoms with Crippen LogP contribution in [0.2, 0.25) is 5.02 Å². The molecule has 2 aromatic rings. The van der Waals surface area contributed by atoms with Crippen molar-refractivity contribution in [2.24, 2.45) is 0 Å². The molecule has 0 N–H and O–H groups in total. The second kappa shape index (κ2) is 2.89. The number of benzene rings is 1. The van der Waals surface area contributed by atoms with Gasteiger partial charge in [-0.1, -0.05) is 11.6 Å². The van der Waals surface area contributed by atoms with Gasteiger partial charge < -0.3 is 4.42 Å². The van der Waals surface area contributed by atoms with E-state index in [4.69, 9.17) is 16.0 Å². The predicted octanol–water partition coefficient (Wildman–Crippen LogP) is 2.75. The standard InChI is InChI=1S/C10H7ClO2/c1-6-4-9(12)8-5-7(11)2-3-10(8)13-6/h2-5H,1H3. The van der Waals surface area contributed by atoms with E-state index >= 15 is 0 Å². The van der Waals surface area contributed by atoms with Gasteiger partial charge in [-0.15, -0.1) is 0 Å². The molecule has 13 heavy (non-hydrogen) atoms. The van der Waals surface area contributed by atoms with Crippen molar-refractivity contribution in [3.05, 3.63) is 45.3 Å². The largest absolute Gasteiger partial charge is 0.461 e. The lowest BCUT2D eigenvalue weighted by Crippen LogP contribution is -1.99. The zero-order chi connectivity index (χ0) is 9.42. The minimum atomic E-state index is -0.0544. The molecule has 2 rings (SSSR count). The Hall–Kier alpha value is -1.28. The highest BCUT2D eigenvalue weighted by Crippen LogP contribution is 2.16. The summed E-state index contributed by atoms with van der Waals surface area (Å²) in [5.41, 5.74) is 0.524. The van der Waals surface area contributed by atoms with Gasteiger partial charge in [-0.05, 0) is 25.1 Å². The van der Waals surface area contributed by atoms with Gasteiger partial charge in [0.1, 0.15) is 11.3 Å². The van der Waals surface area contributed by atoms with Crippen LogP contribution in [0.3, 0.4) is 0 Å². The van der Waals surface area contributed by atoms with Crippen molar-refractivity contribution in [2.75, 3.05) is 0 Å². The summed E-state index contributed by atoms with van der Waals surface area (Å²) in [5, 5.41) is 1.07. The van der Waals surface area contributed by atoms with Crippen LogP contribution in [0.1, 0.15) is 5.76 Å². The summed E-state index contributed by atoms with van der Waals surface area (Å²) in [6.45, 7) is 1.75. The monoisotopic (exact) mass is 194 g/mol. The van der Waals surface area contributed by atoms with Crippen LogP contribution in [0.25, 0.3) is 11.0 Å². The summed E-state index contributed by atoms with van der Waals surface area (Å²) >= 11 is 5.75. The van der Waals surface area contributed by atoms with Crippen LogP contribution in [0.15, 0.2) is 33.5 Å². The van der Waals surface area contributed by atoms with Gasteiger partial charge in [0.05, 0.1) is 5.39 Å². The highest BCUT2D eigenvalue weighted by molar-refractivity contribution is 6.31. The summed E-state index contributed by atoms with van der Waals surface area (Å²) < 4.78 is 5.34. The first-order valence-corrected chi connectivity index (χ1v) is 4.24. The molecule has 0 atom stereocenters. The third kappa shape index (κ3) is 1.45. The molecule has 0 saturated heterocycles. The van der Waals surface area contributed by atoms with Gasteiger partial charge in [0.2, 0.25) is 0 Å². The number of rotatable bonds is 0. The fourth-order valence-electron chi connectivity index (χ4n) is 1.25. The van der Waals surface area contributed by atoms with Gasteiger partial charge in [0.25, 0.3) is 0 Å². The molecule has 0 unspecified atom stereocenters. The molecule has 0 spiro atoms. The van der Waals surface area contributed by atoms with Gasteiger partial charge in [0.15, 0.2) is 5.43 Å². The first-order valence-electron chi connectivity index (χ1n) is 3.87. The van der Waals surface area contributed by atoms with E-state index in [0.29, 0.717) is 21.8 Å². The van der Waals surface area contributed by atoms with Gasteiger partial charge >= 0.3 is 0 Å². The van der Waals surface area contributed by atoms with Crippen LogP contribution in [-0.2, 0) is 0 Å². The molecule has 0 bridgehead atoms. The lowest BCUT2D eigenvalue weighted by molar-refractivity contribution is 0.565. The summed E-state index contributed by atoms with van der Waals surface area (Å²) in [6.07, 6.45) is 0. The van der Waals surface area contributed by atoms with E-state index in [-0.39, 0.29) is 5.43 Å². The van der Waals surface area contributed by atoms with Crippen LogP contribution in [-0.4, -0.2) is 0 Å².